The fourth-order valence-electron chi connectivity index (χ4n) is 3.19. The van der Waals surface area contributed by atoms with E-state index < -0.39 is 34.3 Å². The van der Waals surface area contributed by atoms with Gasteiger partial charge in [-0.15, -0.1) is 0 Å². The van der Waals surface area contributed by atoms with Crippen molar-refractivity contribution in [2.45, 2.75) is 32.9 Å². The fraction of sp³-hybridized carbons (Fsp3) is 0.391. The van der Waals surface area contributed by atoms with Gasteiger partial charge in [0.25, 0.3) is 0 Å². The second kappa shape index (κ2) is 11.6. The number of carbonyl (C=O) groups excluding carboxylic acids is 2. The number of methoxy groups -OCH3 is 1. The standard InChI is InChI=1S/C23H30FN3O5S/c1-5-12-25-23(29)17(2)26(15-18-8-6-11-21(13-18)32-3)22(28)16-27(33(4,30)31)20-10-7-9-19(24)14-20/h6-11,13-14,17H,5,12,15-16H2,1-4H3,(H,25,29)/t17-/m1/s1. The lowest BCUT2D eigenvalue weighted by Crippen LogP contribution is -2.51. The number of amides is 2. The molecule has 2 aromatic rings. The van der Waals surface area contributed by atoms with Crippen LogP contribution in [0, 0.1) is 5.82 Å². The highest BCUT2D eigenvalue weighted by atomic mass is 32.2. The molecular weight excluding hydrogens is 449 g/mol. The zero-order chi connectivity index (χ0) is 24.6. The number of nitrogens with zero attached hydrogens (tertiary/aromatic N) is 2. The van der Waals surface area contributed by atoms with Crippen LogP contribution >= 0.6 is 0 Å². The smallest absolute Gasteiger partial charge is 0.244 e. The van der Waals surface area contributed by atoms with Crippen LogP contribution in [0.3, 0.4) is 0 Å². The first kappa shape index (κ1) is 26.1. The van der Waals surface area contributed by atoms with Gasteiger partial charge >= 0.3 is 0 Å². The molecule has 0 spiro atoms. The van der Waals surface area contributed by atoms with Gasteiger partial charge in [0.2, 0.25) is 21.8 Å². The van der Waals surface area contributed by atoms with Gasteiger partial charge in [-0.25, -0.2) is 12.8 Å². The summed E-state index contributed by atoms with van der Waals surface area (Å²) in [5, 5.41) is 2.76. The van der Waals surface area contributed by atoms with Crippen LogP contribution in [0.2, 0.25) is 0 Å². The normalized spacial score (nSPS) is 12.0. The molecular formula is C23H30FN3O5S. The van der Waals surface area contributed by atoms with Crippen molar-refractivity contribution in [2.24, 2.45) is 0 Å². The number of sulfonamides is 1. The van der Waals surface area contributed by atoms with E-state index in [2.05, 4.69) is 5.32 Å². The van der Waals surface area contributed by atoms with Crippen molar-refractivity contribution in [3.63, 3.8) is 0 Å². The average molecular weight is 480 g/mol. The molecule has 0 aliphatic rings. The maximum Gasteiger partial charge on any atom is 0.244 e. The molecule has 0 bridgehead atoms. The van der Waals surface area contributed by atoms with Gasteiger partial charge in [0.15, 0.2) is 0 Å². The number of carbonyl (C=O) groups is 2. The Morgan fingerprint density at radius 3 is 2.45 bits per heavy atom. The number of hydrogen-bond donors (Lipinski definition) is 1. The third-order valence-electron chi connectivity index (χ3n) is 4.98. The summed E-state index contributed by atoms with van der Waals surface area (Å²) >= 11 is 0. The molecule has 0 radical (unpaired) electrons. The van der Waals surface area contributed by atoms with Crippen molar-refractivity contribution in [3.8, 4) is 5.75 Å². The fourth-order valence-corrected chi connectivity index (χ4v) is 4.03. The largest absolute Gasteiger partial charge is 0.497 e. The average Bonchev–Trinajstić information content (AvgIpc) is 2.78. The first-order chi connectivity index (χ1) is 15.6. The Morgan fingerprint density at radius 1 is 1.15 bits per heavy atom. The lowest BCUT2D eigenvalue weighted by Gasteiger charge is -2.31. The highest BCUT2D eigenvalue weighted by molar-refractivity contribution is 7.92. The summed E-state index contributed by atoms with van der Waals surface area (Å²) in [5.41, 5.74) is 0.727. The summed E-state index contributed by atoms with van der Waals surface area (Å²) < 4.78 is 44.6. The Morgan fingerprint density at radius 2 is 1.85 bits per heavy atom. The molecule has 0 heterocycles. The van der Waals surface area contributed by atoms with Gasteiger partial charge in [0, 0.05) is 13.1 Å². The van der Waals surface area contributed by atoms with Gasteiger partial charge in [0.05, 0.1) is 19.1 Å². The summed E-state index contributed by atoms with van der Waals surface area (Å²) in [6.45, 7) is 3.40. The van der Waals surface area contributed by atoms with E-state index in [1.54, 1.807) is 31.2 Å². The van der Waals surface area contributed by atoms with E-state index in [1.807, 2.05) is 6.92 Å². The number of benzene rings is 2. The molecule has 33 heavy (non-hydrogen) atoms. The number of anilines is 1. The first-order valence-electron chi connectivity index (χ1n) is 10.5. The third kappa shape index (κ3) is 7.45. The van der Waals surface area contributed by atoms with Crippen molar-refractivity contribution in [3.05, 3.63) is 59.9 Å². The predicted octanol–water partition coefficient (Wildman–Crippen LogP) is 2.54. The van der Waals surface area contributed by atoms with Gasteiger partial charge in [-0.3, -0.25) is 13.9 Å². The molecule has 180 valence electrons. The Bertz CT molecular complexity index is 1080. The number of halogens is 1. The minimum Gasteiger partial charge on any atom is -0.497 e. The molecule has 0 aliphatic carbocycles. The molecule has 0 saturated carbocycles. The summed E-state index contributed by atoms with van der Waals surface area (Å²) in [7, 11) is -2.39. The summed E-state index contributed by atoms with van der Waals surface area (Å²) in [5.74, 6) is -1.01. The molecule has 2 rings (SSSR count). The number of hydrogen-bond acceptors (Lipinski definition) is 5. The van der Waals surface area contributed by atoms with Crippen molar-refractivity contribution >= 4 is 27.5 Å². The Labute approximate surface area is 194 Å². The molecule has 0 saturated heterocycles. The first-order valence-corrected chi connectivity index (χ1v) is 12.3. The van der Waals surface area contributed by atoms with Crippen LogP contribution in [0.5, 0.6) is 5.75 Å². The molecule has 0 fully saturated rings. The van der Waals surface area contributed by atoms with E-state index in [-0.39, 0.29) is 18.1 Å². The molecule has 0 aromatic heterocycles. The van der Waals surface area contributed by atoms with E-state index in [1.165, 1.54) is 30.2 Å². The molecule has 10 heteroatoms. The molecule has 8 nitrogen and oxygen atoms in total. The maximum atomic E-state index is 13.7. The van der Waals surface area contributed by atoms with Crippen molar-refractivity contribution in [1.29, 1.82) is 0 Å². The monoisotopic (exact) mass is 479 g/mol. The Hall–Kier alpha value is -3.14. The van der Waals surface area contributed by atoms with Crippen molar-refractivity contribution in [2.75, 3.05) is 30.8 Å². The highest BCUT2D eigenvalue weighted by Crippen LogP contribution is 2.21. The Kier molecular flexibility index (Phi) is 9.22. The molecule has 0 unspecified atom stereocenters. The second-order valence-electron chi connectivity index (χ2n) is 7.59. The molecule has 1 N–H and O–H groups in total. The van der Waals surface area contributed by atoms with Gasteiger partial charge in [-0.05, 0) is 49.2 Å². The van der Waals surface area contributed by atoms with Crippen LogP contribution in [0.15, 0.2) is 48.5 Å². The number of ether oxygens (including phenoxy) is 1. The predicted molar refractivity (Wildman–Crippen MR) is 125 cm³/mol. The van der Waals surface area contributed by atoms with E-state index in [0.29, 0.717) is 17.9 Å². The van der Waals surface area contributed by atoms with Crippen molar-refractivity contribution in [1.82, 2.24) is 10.2 Å². The third-order valence-corrected chi connectivity index (χ3v) is 6.12. The summed E-state index contributed by atoms with van der Waals surface area (Å²) in [4.78, 5) is 27.3. The topological polar surface area (TPSA) is 96.0 Å². The van der Waals surface area contributed by atoms with Crippen molar-refractivity contribution < 1.29 is 27.1 Å². The zero-order valence-electron chi connectivity index (χ0n) is 19.2. The number of nitrogens with one attached hydrogen (secondary N) is 1. The molecule has 0 aliphatic heterocycles. The van der Waals surface area contributed by atoms with Gasteiger partial charge < -0.3 is 15.0 Å². The lowest BCUT2D eigenvalue weighted by molar-refractivity contribution is -0.139. The van der Waals surface area contributed by atoms with E-state index in [4.69, 9.17) is 4.74 Å². The van der Waals surface area contributed by atoms with Gasteiger partial charge in [-0.1, -0.05) is 25.1 Å². The second-order valence-corrected chi connectivity index (χ2v) is 9.50. The molecule has 1 atom stereocenters. The van der Waals surface area contributed by atoms with Crippen LogP contribution in [0.25, 0.3) is 0 Å². The molecule has 2 aromatic carbocycles. The summed E-state index contributed by atoms with van der Waals surface area (Å²) in [6.07, 6.45) is 1.67. The summed E-state index contributed by atoms with van der Waals surface area (Å²) in [6, 6.07) is 11.1. The van der Waals surface area contributed by atoms with Crippen LogP contribution in [0.1, 0.15) is 25.8 Å². The minimum atomic E-state index is -3.91. The van der Waals surface area contributed by atoms with Crippen LogP contribution in [-0.2, 0) is 26.2 Å². The highest BCUT2D eigenvalue weighted by Gasteiger charge is 2.30. The van der Waals surface area contributed by atoms with E-state index in [9.17, 15) is 22.4 Å². The van der Waals surface area contributed by atoms with Crippen LogP contribution in [-0.4, -0.2) is 57.6 Å². The van der Waals surface area contributed by atoms with Gasteiger partial charge in [-0.2, -0.15) is 0 Å². The SMILES string of the molecule is CCCNC(=O)[C@@H](C)N(Cc1cccc(OC)c1)C(=O)CN(c1cccc(F)c1)S(C)(=O)=O. The van der Waals surface area contributed by atoms with Crippen LogP contribution < -0.4 is 14.4 Å². The maximum absolute atomic E-state index is 13.7. The Balaban J connectivity index is 2.38. The number of rotatable bonds is 11. The zero-order valence-corrected chi connectivity index (χ0v) is 20.1. The van der Waals surface area contributed by atoms with E-state index in [0.717, 1.165) is 23.0 Å². The van der Waals surface area contributed by atoms with Crippen LogP contribution in [0.4, 0.5) is 10.1 Å². The quantitative estimate of drug-likeness (QED) is 0.534. The molecule has 2 amide bonds. The van der Waals surface area contributed by atoms with E-state index >= 15 is 0 Å². The lowest BCUT2D eigenvalue weighted by atomic mass is 10.1. The minimum absolute atomic E-state index is 0.0234. The van der Waals surface area contributed by atoms with Gasteiger partial charge in [0.1, 0.15) is 24.2 Å².